The van der Waals surface area contributed by atoms with Gasteiger partial charge in [-0.25, -0.2) is 4.79 Å². The fraction of sp³-hybridized carbons (Fsp3) is 0.891. The number of carbonyl (C=O) groups excluding carboxylic acids is 4. The van der Waals surface area contributed by atoms with Crippen molar-refractivity contribution < 1.29 is 112 Å². The summed E-state index contributed by atoms with van der Waals surface area (Å²) >= 11 is 0. The maximum absolute atomic E-state index is 14.1. The molecule has 23 heteroatoms. The van der Waals surface area contributed by atoms with Crippen LogP contribution in [0.5, 0.6) is 0 Å². The lowest BCUT2D eigenvalue weighted by Crippen LogP contribution is -2.68. The number of fused-ring (bicyclic) bond motifs is 4. The van der Waals surface area contributed by atoms with E-state index in [0.717, 1.165) is 51.4 Å². The van der Waals surface area contributed by atoms with Crippen LogP contribution in [-0.4, -0.2) is 201 Å². The van der Waals surface area contributed by atoms with Crippen LogP contribution in [0.3, 0.4) is 0 Å². The summed E-state index contributed by atoms with van der Waals surface area (Å²) in [6, 6.07) is 0. The third kappa shape index (κ3) is 17.5. The predicted octanol–water partition coefficient (Wildman–Crippen LogP) is 3.06. The molecule has 7 N–H and O–H groups in total. The van der Waals surface area contributed by atoms with Crippen molar-refractivity contribution in [2.45, 2.75) is 294 Å². The Hall–Kier alpha value is -2.98. The molecule has 0 aliphatic carbocycles. The standard InChI is InChI=1S/C55H92O23/c1-11-14-23-34-24-21-19-17-15-16-18-20-22-25-36(57)73-47-44(76-52-42(63)41(62)43(32(9)69-52)74-49(64)27(4)12-2)33(10)70-55(48(47)75-50(65)28(5)13-3)78-46-40(61)38(59)35(26-67-51(66)29(6)30(7)56)72-54(46)77-45-39(60)37(58)31(8)68-53(45)71-34/h13,27,29-35,37-48,52-56,58-63H,11-12,14-26H2,1-10H3. The molecule has 5 aliphatic rings. The van der Waals surface area contributed by atoms with Crippen molar-refractivity contribution in [2.24, 2.45) is 11.8 Å². The molecule has 5 aliphatic heterocycles. The van der Waals surface area contributed by atoms with Gasteiger partial charge in [0.15, 0.2) is 43.5 Å². The summed E-state index contributed by atoms with van der Waals surface area (Å²) in [5.74, 6) is -4.64. The van der Waals surface area contributed by atoms with Gasteiger partial charge in [-0.1, -0.05) is 84.6 Å². The number of rotatable bonds is 14. The molecule has 0 saturated carbocycles. The van der Waals surface area contributed by atoms with E-state index in [0.29, 0.717) is 32.1 Å². The number of hydrogen-bond donors (Lipinski definition) is 7. The molecule has 0 aromatic heterocycles. The minimum atomic E-state index is -2.03. The van der Waals surface area contributed by atoms with Crippen molar-refractivity contribution in [2.75, 3.05) is 6.61 Å². The Morgan fingerprint density at radius 2 is 1.23 bits per heavy atom. The van der Waals surface area contributed by atoms with E-state index in [1.54, 1.807) is 27.7 Å². The predicted molar refractivity (Wildman–Crippen MR) is 273 cm³/mol. The van der Waals surface area contributed by atoms with E-state index in [9.17, 15) is 54.9 Å². The zero-order valence-corrected chi connectivity index (χ0v) is 47.2. The van der Waals surface area contributed by atoms with Crippen LogP contribution < -0.4 is 0 Å². The van der Waals surface area contributed by atoms with Gasteiger partial charge in [-0.05, 0) is 74.1 Å². The summed E-state index contributed by atoms with van der Waals surface area (Å²) in [4.78, 5) is 53.8. The molecule has 5 rings (SSSR count). The van der Waals surface area contributed by atoms with Crippen molar-refractivity contribution in [1.82, 2.24) is 0 Å². The smallest absolute Gasteiger partial charge is 0.333 e. The van der Waals surface area contributed by atoms with E-state index in [4.69, 9.17) is 56.8 Å². The molecular weight excluding hydrogens is 1030 g/mol. The largest absolute Gasteiger partial charge is 0.463 e. The van der Waals surface area contributed by atoms with E-state index in [1.807, 2.05) is 0 Å². The molecule has 0 radical (unpaired) electrons. The van der Waals surface area contributed by atoms with Gasteiger partial charge in [-0.3, -0.25) is 14.4 Å². The Morgan fingerprint density at radius 3 is 1.86 bits per heavy atom. The number of aliphatic hydroxyl groups excluding tert-OH is 7. The third-order valence-electron chi connectivity index (χ3n) is 15.7. The van der Waals surface area contributed by atoms with E-state index in [-0.39, 0.29) is 18.1 Å². The molecule has 24 atom stereocenters. The highest BCUT2D eigenvalue weighted by Crippen LogP contribution is 2.38. The van der Waals surface area contributed by atoms with Crippen molar-refractivity contribution in [3.63, 3.8) is 0 Å². The van der Waals surface area contributed by atoms with Crippen molar-refractivity contribution in [3.05, 3.63) is 11.6 Å². The summed E-state index contributed by atoms with van der Waals surface area (Å²) < 4.78 is 74.4. The molecule has 450 valence electrons. The lowest BCUT2D eigenvalue weighted by molar-refractivity contribution is -0.399. The quantitative estimate of drug-likeness (QED) is 0.0747. The Morgan fingerprint density at radius 1 is 0.641 bits per heavy atom. The topological polar surface area (TPSA) is 321 Å². The molecule has 2 bridgehead atoms. The first-order chi connectivity index (χ1) is 37.0. The van der Waals surface area contributed by atoms with Crippen LogP contribution >= 0.6 is 0 Å². The first kappa shape index (κ1) is 65.8. The molecule has 5 saturated heterocycles. The molecule has 0 amide bonds. The Bertz CT molecular complexity index is 1890. The van der Waals surface area contributed by atoms with Gasteiger partial charge in [-0.2, -0.15) is 0 Å². The number of unbranched alkanes of at least 4 members (excludes halogenated alkanes) is 1. The Balaban J connectivity index is 1.59. The number of allylic oxidation sites excluding steroid dienone is 1. The monoisotopic (exact) mass is 1120 g/mol. The third-order valence-corrected chi connectivity index (χ3v) is 15.7. The van der Waals surface area contributed by atoms with Gasteiger partial charge in [0, 0.05) is 12.0 Å². The number of carbonyl (C=O) groups is 4. The summed E-state index contributed by atoms with van der Waals surface area (Å²) in [5.41, 5.74) is 0.0992. The highest BCUT2D eigenvalue weighted by atomic mass is 16.8. The van der Waals surface area contributed by atoms with Gasteiger partial charge in [0.05, 0.1) is 42.4 Å². The van der Waals surface area contributed by atoms with Gasteiger partial charge < -0.3 is 92.6 Å². The summed E-state index contributed by atoms with van der Waals surface area (Å²) in [6.07, 6.45) is -22.1. The summed E-state index contributed by atoms with van der Waals surface area (Å²) in [6.45, 7) is 15.3. The first-order valence-electron chi connectivity index (χ1n) is 28.4. The SMILES string of the molecule is CC=C(C)C(=O)OC1C2OC(C)C(OC3OC(C)C(OC(=O)C(C)CC)C(O)C3O)C1OC(=O)CCCCCCCCCCC(CCCC)OC1OC(C)C(O)C(O)C1OC1OC(COC(=O)C(C)C(C)O)C(O)C(O)C1O2. The van der Waals surface area contributed by atoms with E-state index >= 15 is 0 Å². The molecule has 0 aromatic carbocycles. The number of aliphatic hydroxyl groups is 7. The first-order valence-corrected chi connectivity index (χ1v) is 28.4. The van der Waals surface area contributed by atoms with Crippen LogP contribution in [0, 0.1) is 11.8 Å². The molecule has 23 nitrogen and oxygen atoms in total. The van der Waals surface area contributed by atoms with Crippen molar-refractivity contribution >= 4 is 23.9 Å². The minimum absolute atomic E-state index is 0.0735. The second-order valence-corrected chi connectivity index (χ2v) is 21.9. The van der Waals surface area contributed by atoms with Crippen LogP contribution in [0.15, 0.2) is 11.6 Å². The highest BCUT2D eigenvalue weighted by Gasteiger charge is 2.58. The van der Waals surface area contributed by atoms with Gasteiger partial charge in [0.25, 0.3) is 0 Å². The minimum Gasteiger partial charge on any atom is -0.463 e. The maximum Gasteiger partial charge on any atom is 0.333 e. The van der Waals surface area contributed by atoms with Crippen molar-refractivity contribution in [3.8, 4) is 0 Å². The Labute approximate surface area is 458 Å². The fourth-order valence-corrected chi connectivity index (χ4v) is 9.89. The van der Waals surface area contributed by atoms with Crippen LogP contribution in [0.25, 0.3) is 0 Å². The van der Waals surface area contributed by atoms with E-state index < -0.39 is 171 Å². The van der Waals surface area contributed by atoms with E-state index in [2.05, 4.69) is 6.92 Å². The lowest BCUT2D eigenvalue weighted by Gasteiger charge is -2.50. The van der Waals surface area contributed by atoms with Gasteiger partial charge >= 0.3 is 23.9 Å². The van der Waals surface area contributed by atoms with Gasteiger partial charge in [0.2, 0.25) is 0 Å². The van der Waals surface area contributed by atoms with Crippen LogP contribution in [0.4, 0.5) is 0 Å². The molecular formula is C55H92O23. The van der Waals surface area contributed by atoms with E-state index in [1.165, 1.54) is 40.7 Å². The molecule has 78 heavy (non-hydrogen) atoms. The lowest BCUT2D eigenvalue weighted by atomic mass is 9.95. The average molecular weight is 1120 g/mol. The number of hydrogen-bond acceptors (Lipinski definition) is 23. The normalized spacial score (nSPS) is 40.4. The Kier molecular flexibility index (Phi) is 26.5. The summed E-state index contributed by atoms with van der Waals surface area (Å²) in [7, 11) is 0. The van der Waals surface area contributed by atoms with Crippen molar-refractivity contribution in [1.29, 1.82) is 0 Å². The molecule has 24 unspecified atom stereocenters. The summed E-state index contributed by atoms with van der Waals surface area (Å²) in [5, 5.41) is 80.0. The maximum atomic E-state index is 14.1. The molecule has 0 aromatic rings. The molecule has 5 fully saturated rings. The average Bonchev–Trinajstić information content (AvgIpc) is 3.49. The van der Waals surface area contributed by atoms with Crippen LogP contribution in [0.1, 0.15) is 159 Å². The fourth-order valence-electron chi connectivity index (χ4n) is 9.89. The molecule has 5 heterocycles. The molecule has 0 spiro atoms. The number of ether oxygens (including phenoxy) is 12. The van der Waals surface area contributed by atoms with Gasteiger partial charge in [0.1, 0.15) is 67.6 Å². The zero-order valence-electron chi connectivity index (χ0n) is 47.2. The van der Waals surface area contributed by atoms with Crippen LogP contribution in [-0.2, 0) is 76.0 Å². The van der Waals surface area contributed by atoms with Gasteiger partial charge in [-0.15, -0.1) is 0 Å². The second kappa shape index (κ2) is 31.5. The highest BCUT2D eigenvalue weighted by molar-refractivity contribution is 5.87. The van der Waals surface area contributed by atoms with Crippen LogP contribution in [0.2, 0.25) is 0 Å². The zero-order chi connectivity index (χ0) is 57.5. The number of esters is 4. The second-order valence-electron chi connectivity index (χ2n) is 21.9.